The van der Waals surface area contributed by atoms with E-state index in [2.05, 4.69) is 20.3 Å². The molecule has 0 saturated carbocycles. The molecule has 1 saturated heterocycles. The first-order valence-corrected chi connectivity index (χ1v) is 12.3. The third-order valence-corrected chi connectivity index (χ3v) is 7.43. The quantitative estimate of drug-likeness (QED) is 0.488. The first-order chi connectivity index (χ1) is 16.3. The summed E-state index contributed by atoms with van der Waals surface area (Å²) in [6.45, 7) is 1.70. The maximum absolute atomic E-state index is 13.0. The number of carbonyl (C=O) groups is 1. The van der Waals surface area contributed by atoms with Gasteiger partial charge in [0.1, 0.15) is 0 Å². The highest BCUT2D eigenvalue weighted by Gasteiger charge is 2.27. The third kappa shape index (κ3) is 5.93. The number of nitrogen functional groups attached to an aromatic ring is 1. The van der Waals surface area contributed by atoms with E-state index in [1.165, 1.54) is 10.5 Å². The summed E-state index contributed by atoms with van der Waals surface area (Å²) in [5, 5.41) is 2.82. The lowest BCUT2D eigenvalue weighted by Gasteiger charge is -2.16. The molecule has 1 aliphatic heterocycles. The molecule has 186 valence electrons. The Morgan fingerprint density at radius 1 is 1.11 bits per heavy atom. The first kappa shape index (κ1) is 26.5. The van der Waals surface area contributed by atoms with Crippen LogP contribution in [-0.4, -0.2) is 65.7 Å². The highest BCUT2D eigenvalue weighted by molar-refractivity contribution is 7.89. The van der Waals surface area contributed by atoms with Crippen LogP contribution >= 0.6 is 12.4 Å². The predicted molar refractivity (Wildman–Crippen MR) is 137 cm³/mol. The third-order valence-electron chi connectivity index (χ3n) is 5.51. The second-order valence-electron chi connectivity index (χ2n) is 8.35. The zero-order valence-corrected chi connectivity index (χ0v) is 21.1. The molecule has 3 aromatic rings. The molecule has 2 aromatic heterocycles. The number of nitrogens with two attached hydrogens (primary N) is 1. The number of sulfonamides is 1. The molecule has 12 heteroatoms. The van der Waals surface area contributed by atoms with Crippen LogP contribution in [0.3, 0.4) is 0 Å². The minimum atomic E-state index is -3.51. The molecule has 0 unspecified atom stereocenters. The minimum Gasteiger partial charge on any atom is -0.382 e. The van der Waals surface area contributed by atoms with Crippen LogP contribution in [0.25, 0.3) is 11.3 Å². The molecule has 1 fully saturated rings. The average Bonchev–Trinajstić information content (AvgIpc) is 3.36. The van der Waals surface area contributed by atoms with Gasteiger partial charge >= 0.3 is 0 Å². The molecule has 0 bridgehead atoms. The van der Waals surface area contributed by atoms with Gasteiger partial charge in [-0.15, -0.1) is 12.4 Å². The Hall–Kier alpha value is -3.12. The Morgan fingerprint density at radius 3 is 2.46 bits per heavy atom. The molecular formula is C23H28ClN7O3S. The van der Waals surface area contributed by atoms with Crippen molar-refractivity contribution in [2.75, 3.05) is 38.2 Å². The van der Waals surface area contributed by atoms with Crippen molar-refractivity contribution in [1.29, 1.82) is 0 Å². The predicted octanol–water partition coefficient (Wildman–Crippen LogP) is 2.64. The first-order valence-electron chi connectivity index (χ1n) is 10.9. The summed E-state index contributed by atoms with van der Waals surface area (Å²) in [4.78, 5) is 27.8. The number of anilines is 2. The highest BCUT2D eigenvalue weighted by atomic mass is 35.5. The van der Waals surface area contributed by atoms with Crippen molar-refractivity contribution in [3.63, 3.8) is 0 Å². The van der Waals surface area contributed by atoms with E-state index in [1.54, 1.807) is 36.7 Å². The van der Waals surface area contributed by atoms with Crippen LogP contribution in [0.15, 0.2) is 53.8 Å². The van der Waals surface area contributed by atoms with Gasteiger partial charge in [0.25, 0.3) is 5.91 Å². The number of amides is 1. The number of rotatable bonds is 7. The largest absolute Gasteiger partial charge is 0.382 e. The van der Waals surface area contributed by atoms with Crippen LogP contribution in [-0.2, 0) is 16.6 Å². The van der Waals surface area contributed by atoms with E-state index in [4.69, 9.17) is 5.73 Å². The fourth-order valence-corrected chi connectivity index (χ4v) is 5.29. The van der Waals surface area contributed by atoms with E-state index >= 15 is 0 Å². The molecule has 0 atom stereocenters. The second kappa shape index (κ2) is 11.1. The Bertz CT molecular complexity index is 1290. The topological polar surface area (TPSA) is 134 Å². The number of benzene rings is 1. The standard InChI is InChI=1S/C23H27N7O3S.ClH/c1-29(2)15-17-9-10-25-13-19(17)28-23(31)21-22(24)26-14-20(27-21)16-5-7-18(8-6-16)34(32,33)30-11-3-4-12-30;/h5-10,13-14H,3-4,11-12,15H2,1-2H3,(H2,24,26)(H,28,31);1H. The van der Waals surface area contributed by atoms with Crippen molar-refractivity contribution in [2.24, 2.45) is 0 Å². The summed E-state index contributed by atoms with van der Waals surface area (Å²) in [5.41, 5.74) is 8.41. The van der Waals surface area contributed by atoms with Gasteiger partial charge in [0, 0.05) is 31.4 Å². The summed E-state index contributed by atoms with van der Waals surface area (Å²) >= 11 is 0. The summed E-state index contributed by atoms with van der Waals surface area (Å²) in [5.74, 6) is -0.513. The SMILES string of the molecule is CN(C)Cc1ccncc1NC(=O)c1nc(-c2ccc(S(=O)(=O)N3CCCC3)cc2)cnc1N.Cl. The number of halogens is 1. The fraction of sp³-hybridized carbons (Fsp3) is 0.304. The molecule has 4 rings (SSSR count). The van der Waals surface area contributed by atoms with Crippen molar-refractivity contribution in [3.05, 3.63) is 60.2 Å². The lowest BCUT2D eigenvalue weighted by molar-refractivity contribution is 0.102. The maximum Gasteiger partial charge on any atom is 0.278 e. The Balaban J connectivity index is 0.00000342. The number of aromatic nitrogens is 3. The lowest BCUT2D eigenvalue weighted by Crippen LogP contribution is -2.27. The van der Waals surface area contributed by atoms with Gasteiger partial charge in [-0.3, -0.25) is 9.78 Å². The molecule has 1 amide bonds. The van der Waals surface area contributed by atoms with E-state index in [0.717, 1.165) is 18.4 Å². The smallest absolute Gasteiger partial charge is 0.278 e. The monoisotopic (exact) mass is 517 g/mol. The summed E-state index contributed by atoms with van der Waals surface area (Å²) < 4.78 is 27.0. The van der Waals surface area contributed by atoms with E-state index in [9.17, 15) is 13.2 Å². The number of pyridine rings is 1. The van der Waals surface area contributed by atoms with Gasteiger partial charge in [-0.05, 0) is 50.7 Å². The molecule has 0 spiro atoms. The van der Waals surface area contributed by atoms with Crippen LogP contribution in [0, 0.1) is 0 Å². The maximum atomic E-state index is 13.0. The van der Waals surface area contributed by atoms with Gasteiger partial charge in [0.2, 0.25) is 10.0 Å². The number of hydrogen-bond donors (Lipinski definition) is 2. The molecule has 3 N–H and O–H groups in total. The molecule has 35 heavy (non-hydrogen) atoms. The molecule has 0 aliphatic carbocycles. The Kier molecular flexibility index (Phi) is 8.39. The van der Waals surface area contributed by atoms with Crippen molar-refractivity contribution in [1.82, 2.24) is 24.2 Å². The van der Waals surface area contributed by atoms with Gasteiger partial charge < -0.3 is 16.0 Å². The number of carbonyl (C=O) groups excluding carboxylic acids is 1. The van der Waals surface area contributed by atoms with E-state index in [1.807, 2.05) is 25.1 Å². The van der Waals surface area contributed by atoms with Gasteiger partial charge in [0.15, 0.2) is 11.5 Å². The average molecular weight is 518 g/mol. The van der Waals surface area contributed by atoms with Crippen LogP contribution in [0.1, 0.15) is 28.9 Å². The van der Waals surface area contributed by atoms with Gasteiger partial charge in [0.05, 0.1) is 28.7 Å². The zero-order chi connectivity index (χ0) is 24.3. The molecular weight excluding hydrogens is 490 g/mol. The Labute approximate surface area is 211 Å². The lowest BCUT2D eigenvalue weighted by atomic mass is 10.1. The molecule has 1 aliphatic rings. The fourth-order valence-electron chi connectivity index (χ4n) is 3.78. The summed E-state index contributed by atoms with van der Waals surface area (Å²) in [6.07, 6.45) is 6.44. The van der Waals surface area contributed by atoms with Crippen LogP contribution in [0.4, 0.5) is 11.5 Å². The van der Waals surface area contributed by atoms with Crippen LogP contribution in [0.5, 0.6) is 0 Å². The van der Waals surface area contributed by atoms with Crippen LogP contribution in [0.2, 0.25) is 0 Å². The van der Waals surface area contributed by atoms with Crippen molar-refractivity contribution in [2.45, 2.75) is 24.3 Å². The van der Waals surface area contributed by atoms with Gasteiger partial charge in [-0.25, -0.2) is 18.4 Å². The van der Waals surface area contributed by atoms with E-state index in [0.29, 0.717) is 36.6 Å². The van der Waals surface area contributed by atoms with Crippen molar-refractivity contribution < 1.29 is 13.2 Å². The molecule has 10 nitrogen and oxygen atoms in total. The van der Waals surface area contributed by atoms with Crippen molar-refractivity contribution >= 4 is 39.8 Å². The molecule has 1 aromatic carbocycles. The van der Waals surface area contributed by atoms with Crippen LogP contribution < -0.4 is 11.1 Å². The summed E-state index contributed by atoms with van der Waals surface area (Å²) in [6, 6.07) is 8.23. The van der Waals surface area contributed by atoms with Gasteiger partial charge in [-0.2, -0.15) is 4.31 Å². The second-order valence-corrected chi connectivity index (χ2v) is 10.3. The zero-order valence-electron chi connectivity index (χ0n) is 19.5. The minimum absolute atomic E-state index is 0. The Morgan fingerprint density at radius 2 is 1.80 bits per heavy atom. The number of nitrogens with one attached hydrogen (secondary N) is 1. The van der Waals surface area contributed by atoms with E-state index < -0.39 is 15.9 Å². The number of nitrogens with zero attached hydrogens (tertiary/aromatic N) is 5. The molecule has 3 heterocycles. The van der Waals surface area contributed by atoms with Crippen molar-refractivity contribution in [3.8, 4) is 11.3 Å². The molecule has 0 radical (unpaired) electrons. The highest BCUT2D eigenvalue weighted by Crippen LogP contribution is 2.25. The number of hydrogen-bond acceptors (Lipinski definition) is 8. The normalized spacial score (nSPS) is 14.0. The van der Waals surface area contributed by atoms with Gasteiger partial charge in [-0.1, -0.05) is 12.1 Å². The van der Waals surface area contributed by atoms with E-state index in [-0.39, 0.29) is 28.8 Å². The summed E-state index contributed by atoms with van der Waals surface area (Å²) in [7, 11) is 0.353.